The molecular formula is C17H16FN5O2. The van der Waals surface area contributed by atoms with Gasteiger partial charge >= 0.3 is 0 Å². The van der Waals surface area contributed by atoms with Gasteiger partial charge in [0.2, 0.25) is 5.91 Å². The molecule has 0 bridgehead atoms. The van der Waals surface area contributed by atoms with Gasteiger partial charge in [-0.2, -0.15) is 5.10 Å². The summed E-state index contributed by atoms with van der Waals surface area (Å²) in [7, 11) is 1.74. The largest absolute Gasteiger partial charge is 0.324 e. The molecule has 0 aliphatic heterocycles. The molecule has 2 amide bonds. The maximum absolute atomic E-state index is 13.7. The molecule has 0 fully saturated rings. The molecule has 0 atom stereocenters. The molecule has 2 aromatic heterocycles. The number of hydrogen-bond acceptors (Lipinski definition) is 3. The van der Waals surface area contributed by atoms with E-state index in [0.717, 1.165) is 0 Å². The van der Waals surface area contributed by atoms with Crippen molar-refractivity contribution in [3.63, 3.8) is 0 Å². The molecule has 0 saturated carbocycles. The molecule has 0 aliphatic rings. The highest BCUT2D eigenvalue weighted by Crippen LogP contribution is 2.21. The van der Waals surface area contributed by atoms with E-state index in [2.05, 4.69) is 15.7 Å². The molecule has 7 nitrogen and oxygen atoms in total. The first kappa shape index (κ1) is 16.4. The minimum atomic E-state index is -0.581. The number of amides is 2. The summed E-state index contributed by atoms with van der Waals surface area (Å²) in [4.78, 5) is 23.7. The molecule has 0 radical (unpaired) electrons. The molecular weight excluding hydrogens is 325 g/mol. The van der Waals surface area contributed by atoms with E-state index < -0.39 is 17.6 Å². The number of carbonyl (C=O) groups is 2. The molecule has 0 unspecified atom stereocenters. The zero-order valence-electron chi connectivity index (χ0n) is 13.7. The molecule has 128 valence electrons. The second kappa shape index (κ2) is 6.60. The lowest BCUT2D eigenvalue weighted by atomic mass is 10.2. The molecule has 8 heteroatoms. The van der Waals surface area contributed by atoms with Crippen LogP contribution in [-0.2, 0) is 11.8 Å². The Hall–Kier alpha value is -3.42. The maximum atomic E-state index is 13.7. The van der Waals surface area contributed by atoms with Gasteiger partial charge in [-0.15, -0.1) is 0 Å². The molecule has 25 heavy (non-hydrogen) atoms. The molecule has 0 aliphatic carbocycles. The van der Waals surface area contributed by atoms with Crippen LogP contribution in [-0.4, -0.2) is 26.2 Å². The van der Waals surface area contributed by atoms with Crippen molar-refractivity contribution in [2.75, 3.05) is 10.6 Å². The van der Waals surface area contributed by atoms with Crippen LogP contribution in [0.2, 0.25) is 0 Å². The van der Waals surface area contributed by atoms with Crippen molar-refractivity contribution >= 4 is 23.2 Å². The number of aryl methyl sites for hydroxylation is 1. The summed E-state index contributed by atoms with van der Waals surface area (Å²) in [5.41, 5.74) is 0.726. The van der Waals surface area contributed by atoms with Gasteiger partial charge in [0, 0.05) is 32.1 Å². The third kappa shape index (κ3) is 3.42. The average Bonchev–Trinajstić information content (AvgIpc) is 3.19. The highest BCUT2D eigenvalue weighted by molar-refractivity contribution is 6.06. The fourth-order valence-electron chi connectivity index (χ4n) is 2.46. The summed E-state index contributed by atoms with van der Waals surface area (Å²) in [6.07, 6.45) is 5.07. The van der Waals surface area contributed by atoms with Crippen molar-refractivity contribution in [2.24, 2.45) is 7.05 Å². The number of anilines is 2. The first-order chi connectivity index (χ1) is 12.0. The third-order valence-electron chi connectivity index (χ3n) is 3.54. The molecule has 0 spiro atoms. The molecule has 2 heterocycles. The second-order valence-corrected chi connectivity index (χ2v) is 5.43. The van der Waals surface area contributed by atoms with Crippen LogP contribution in [0.4, 0.5) is 15.8 Å². The van der Waals surface area contributed by atoms with Crippen LogP contribution < -0.4 is 10.6 Å². The zero-order valence-corrected chi connectivity index (χ0v) is 13.7. The van der Waals surface area contributed by atoms with E-state index in [9.17, 15) is 14.0 Å². The van der Waals surface area contributed by atoms with Crippen LogP contribution in [0.1, 0.15) is 17.3 Å². The van der Waals surface area contributed by atoms with E-state index in [0.29, 0.717) is 17.1 Å². The van der Waals surface area contributed by atoms with Crippen molar-refractivity contribution in [3.8, 4) is 5.82 Å². The van der Waals surface area contributed by atoms with E-state index in [4.69, 9.17) is 0 Å². The zero-order chi connectivity index (χ0) is 18.0. The summed E-state index contributed by atoms with van der Waals surface area (Å²) in [6.45, 7) is 1.28. The average molecular weight is 341 g/mol. The SMILES string of the molecule is CC(=O)Nc1cc(NC(=O)c2cnn(C)c2-n2cccc2)ccc1F. The number of hydrogen-bond donors (Lipinski definition) is 2. The Morgan fingerprint density at radius 3 is 2.56 bits per heavy atom. The van der Waals surface area contributed by atoms with Gasteiger partial charge in [-0.25, -0.2) is 4.39 Å². The molecule has 3 aromatic rings. The Morgan fingerprint density at radius 1 is 1.16 bits per heavy atom. The van der Waals surface area contributed by atoms with Gasteiger partial charge in [-0.3, -0.25) is 14.3 Å². The number of benzene rings is 1. The summed E-state index contributed by atoms with van der Waals surface area (Å²) in [5.74, 6) is -0.768. The van der Waals surface area contributed by atoms with Gasteiger partial charge in [-0.05, 0) is 30.3 Å². The Kier molecular flexibility index (Phi) is 4.34. The Balaban J connectivity index is 1.88. The van der Waals surface area contributed by atoms with Crippen molar-refractivity contribution in [3.05, 3.63) is 60.3 Å². The summed E-state index contributed by atoms with van der Waals surface area (Å²) in [6, 6.07) is 7.64. The maximum Gasteiger partial charge on any atom is 0.261 e. The fourth-order valence-corrected chi connectivity index (χ4v) is 2.46. The first-order valence-electron chi connectivity index (χ1n) is 7.49. The van der Waals surface area contributed by atoms with Gasteiger partial charge in [0.15, 0.2) is 0 Å². The molecule has 2 N–H and O–H groups in total. The Bertz CT molecular complexity index is 931. The van der Waals surface area contributed by atoms with E-state index >= 15 is 0 Å². The topological polar surface area (TPSA) is 81.0 Å². The minimum Gasteiger partial charge on any atom is -0.324 e. The van der Waals surface area contributed by atoms with E-state index in [1.807, 2.05) is 12.1 Å². The Morgan fingerprint density at radius 2 is 1.88 bits per heavy atom. The quantitative estimate of drug-likeness (QED) is 0.765. The predicted molar refractivity (Wildman–Crippen MR) is 91.2 cm³/mol. The van der Waals surface area contributed by atoms with Gasteiger partial charge < -0.3 is 15.2 Å². The van der Waals surface area contributed by atoms with Gasteiger partial charge in [0.1, 0.15) is 17.2 Å². The third-order valence-corrected chi connectivity index (χ3v) is 3.54. The highest BCUT2D eigenvalue weighted by atomic mass is 19.1. The number of nitrogens with zero attached hydrogens (tertiary/aromatic N) is 3. The molecule has 3 rings (SSSR count). The lowest BCUT2D eigenvalue weighted by molar-refractivity contribution is -0.114. The minimum absolute atomic E-state index is 0.00196. The smallest absolute Gasteiger partial charge is 0.261 e. The van der Waals surface area contributed by atoms with E-state index in [1.54, 1.807) is 28.7 Å². The summed E-state index contributed by atoms with van der Waals surface area (Å²) in [5, 5.41) is 9.19. The van der Waals surface area contributed by atoms with Gasteiger partial charge in [-0.1, -0.05) is 0 Å². The summed E-state index contributed by atoms with van der Waals surface area (Å²) < 4.78 is 17.1. The summed E-state index contributed by atoms with van der Waals surface area (Å²) >= 11 is 0. The van der Waals surface area contributed by atoms with Crippen molar-refractivity contribution < 1.29 is 14.0 Å². The number of aromatic nitrogens is 3. The normalized spacial score (nSPS) is 10.5. The Labute approximate surface area is 143 Å². The fraction of sp³-hybridized carbons (Fsp3) is 0.118. The number of halogens is 1. The van der Waals surface area contributed by atoms with Crippen LogP contribution in [0, 0.1) is 5.82 Å². The van der Waals surface area contributed by atoms with Crippen LogP contribution in [0.5, 0.6) is 0 Å². The van der Waals surface area contributed by atoms with Crippen LogP contribution in [0.3, 0.4) is 0 Å². The van der Waals surface area contributed by atoms with E-state index in [-0.39, 0.29) is 5.69 Å². The highest BCUT2D eigenvalue weighted by Gasteiger charge is 2.18. The molecule has 0 saturated heterocycles. The van der Waals surface area contributed by atoms with Crippen molar-refractivity contribution in [2.45, 2.75) is 6.92 Å². The lowest BCUT2D eigenvalue weighted by Crippen LogP contribution is -2.15. The van der Waals surface area contributed by atoms with Crippen LogP contribution in [0.15, 0.2) is 48.9 Å². The van der Waals surface area contributed by atoms with Crippen LogP contribution in [0.25, 0.3) is 5.82 Å². The lowest BCUT2D eigenvalue weighted by Gasteiger charge is -2.10. The second-order valence-electron chi connectivity index (χ2n) is 5.43. The van der Waals surface area contributed by atoms with E-state index in [1.165, 1.54) is 31.3 Å². The number of rotatable bonds is 4. The van der Waals surface area contributed by atoms with Gasteiger partial charge in [0.25, 0.3) is 5.91 Å². The number of nitrogens with one attached hydrogen (secondary N) is 2. The van der Waals surface area contributed by atoms with Gasteiger partial charge in [0.05, 0.1) is 11.9 Å². The predicted octanol–water partition coefficient (Wildman–Crippen LogP) is 2.56. The standard InChI is InChI=1S/C17H16FN5O2/c1-11(24)20-15-9-12(5-6-14(15)18)21-16(25)13-10-19-22(2)17(13)23-7-3-4-8-23/h3-10H,1-2H3,(H,20,24)(H,21,25). The van der Waals surface area contributed by atoms with Crippen molar-refractivity contribution in [1.82, 2.24) is 14.3 Å². The molecule has 1 aromatic carbocycles. The number of carbonyl (C=O) groups excluding carboxylic acids is 2. The van der Waals surface area contributed by atoms with Crippen molar-refractivity contribution in [1.29, 1.82) is 0 Å². The monoisotopic (exact) mass is 341 g/mol. The first-order valence-corrected chi connectivity index (χ1v) is 7.49. The van der Waals surface area contributed by atoms with Crippen LogP contribution >= 0.6 is 0 Å².